The summed E-state index contributed by atoms with van der Waals surface area (Å²) < 4.78 is 11.2. The quantitative estimate of drug-likeness (QED) is 0.530. The molecule has 2 aromatic carbocycles. The molecule has 0 aliphatic carbocycles. The van der Waals surface area contributed by atoms with Gasteiger partial charge in [-0.15, -0.1) is 0 Å². The van der Waals surface area contributed by atoms with Crippen molar-refractivity contribution in [2.45, 2.75) is 6.92 Å². The molecule has 0 aliphatic rings. The van der Waals surface area contributed by atoms with Crippen molar-refractivity contribution in [3.8, 4) is 17.2 Å². The second-order valence-electron chi connectivity index (χ2n) is 5.80. The number of pyridine rings is 1. The average Bonchev–Trinajstić information content (AvgIpc) is 3.12. The van der Waals surface area contributed by atoms with Gasteiger partial charge in [0.1, 0.15) is 18.2 Å². The van der Waals surface area contributed by atoms with E-state index >= 15 is 0 Å². The normalized spacial score (nSPS) is 10.8. The Morgan fingerprint density at radius 3 is 2.81 bits per heavy atom. The Morgan fingerprint density at radius 1 is 1.04 bits per heavy atom. The first-order chi connectivity index (χ1) is 12.8. The zero-order chi connectivity index (χ0) is 17.8. The fourth-order valence-electron chi connectivity index (χ4n) is 2.78. The lowest BCUT2D eigenvalue weighted by atomic mass is 10.1. The first-order valence-corrected chi connectivity index (χ1v) is 8.41. The van der Waals surface area contributed by atoms with E-state index in [4.69, 9.17) is 9.26 Å². The third kappa shape index (κ3) is 3.35. The number of aromatic nitrogens is 3. The van der Waals surface area contributed by atoms with Crippen LogP contribution in [0.3, 0.4) is 0 Å². The predicted octanol–water partition coefficient (Wildman–Crippen LogP) is 4.08. The Labute approximate surface area is 150 Å². The lowest BCUT2D eigenvalue weighted by molar-refractivity contribution is 0.336. The van der Waals surface area contributed by atoms with E-state index in [1.807, 2.05) is 36.4 Å². The number of anilines is 1. The van der Waals surface area contributed by atoms with Crippen LogP contribution in [0, 0.1) is 6.92 Å². The zero-order valence-electron chi connectivity index (χ0n) is 14.3. The smallest absolute Gasteiger partial charge is 0.261 e. The minimum Gasteiger partial charge on any atom is -0.491 e. The molecule has 0 aliphatic heterocycles. The Bertz CT molecular complexity index is 1020. The summed E-state index contributed by atoms with van der Waals surface area (Å²) in [6, 6.07) is 18.0. The largest absolute Gasteiger partial charge is 0.491 e. The number of hydrogen-bond acceptors (Lipinski definition) is 6. The topological polar surface area (TPSA) is 73.1 Å². The van der Waals surface area contributed by atoms with Crippen molar-refractivity contribution in [2.24, 2.45) is 0 Å². The van der Waals surface area contributed by atoms with Crippen LogP contribution in [0.25, 0.3) is 22.2 Å². The van der Waals surface area contributed by atoms with Gasteiger partial charge in [0.2, 0.25) is 0 Å². The summed E-state index contributed by atoms with van der Waals surface area (Å²) in [6.07, 6.45) is 1.72. The molecule has 1 N–H and O–H groups in total. The molecule has 0 atom stereocenters. The molecule has 0 bridgehead atoms. The van der Waals surface area contributed by atoms with E-state index in [9.17, 15) is 0 Å². The van der Waals surface area contributed by atoms with E-state index < -0.39 is 0 Å². The summed E-state index contributed by atoms with van der Waals surface area (Å²) in [5.41, 5.74) is 0.776. The number of ether oxygens (including phenoxy) is 1. The molecule has 0 spiro atoms. The van der Waals surface area contributed by atoms with Crippen molar-refractivity contribution in [2.75, 3.05) is 18.5 Å². The predicted molar refractivity (Wildman–Crippen MR) is 100 cm³/mol. The van der Waals surface area contributed by atoms with E-state index in [1.54, 1.807) is 13.1 Å². The molecule has 0 saturated heterocycles. The highest BCUT2D eigenvalue weighted by Gasteiger charge is 2.12. The second-order valence-corrected chi connectivity index (χ2v) is 5.80. The Balaban J connectivity index is 1.43. The molecule has 2 aromatic heterocycles. The van der Waals surface area contributed by atoms with Crippen LogP contribution in [0.5, 0.6) is 5.75 Å². The van der Waals surface area contributed by atoms with Gasteiger partial charge in [0.25, 0.3) is 5.89 Å². The van der Waals surface area contributed by atoms with Crippen LogP contribution in [0.2, 0.25) is 0 Å². The minimum atomic E-state index is 0.452. The molecule has 0 saturated carbocycles. The van der Waals surface area contributed by atoms with Crippen LogP contribution in [0.1, 0.15) is 5.82 Å². The number of benzene rings is 2. The SMILES string of the molecule is Cc1noc(-c2cccnc2NCCOc2cccc3ccccc23)n1. The van der Waals surface area contributed by atoms with Gasteiger partial charge in [-0.2, -0.15) is 4.98 Å². The summed E-state index contributed by atoms with van der Waals surface area (Å²) in [6.45, 7) is 2.89. The first kappa shape index (κ1) is 16.1. The average molecular weight is 346 g/mol. The standard InChI is InChI=1S/C20H18N4O2/c1-14-23-20(26-24-14)17-9-5-11-21-19(17)22-12-13-25-18-10-4-7-15-6-2-3-8-16(15)18/h2-11H,12-13H2,1H3,(H,21,22). The van der Waals surface area contributed by atoms with Crippen LogP contribution in [-0.4, -0.2) is 28.3 Å². The van der Waals surface area contributed by atoms with Crippen LogP contribution in [0.4, 0.5) is 5.82 Å². The van der Waals surface area contributed by atoms with E-state index in [1.165, 1.54) is 0 Å². The molecule has 130 valence electrons. The third-order valence-electron chi connectivity index (χ3n) is 3.97. The summed E-state index contributed by atoms with van der Waals surface area (Å²) >= 11 is 0. The fourth-order valence-corrected chi connectivity index (χ4v) is 2.78. The van der Waals surface area contributed by atoms with E-state index in [0.717, 1.165) is 22.1 Å². The molecule has 0 radical (unpaired) electrons. The number of aryl methyl sites for hydroxylation is 1. The number of nitrogens with zero attached hydrogens (tertiary/aromatic N) is 3. The summed E-state index contributed by atoms with van der Waals surface area (Å²) in [5, 5.41) is 9.38. The van der Waals surface area contributed by atoms with Gasteiger partial charge in [0.15, 0.2) is 5.82 Å². The highest BCUT2D eigenvalue weighted by molar-refractivity contribution is 5.88. The summed E-state index contributed by atoms with van der Waals surface area (Å²) in [4.78, 5) is 8.63. The second kappa shape index (κ2) is 7.23. The molecule has 4 aromatic rings. The number of nitrogens with one attached hydrogen (secondary N) is 1. The lowest BCUT2D eigenvalue weighted by Gasteiger charge is -2.11. The van der Waals surface area contributed by atoms with Gasteiger partial charge >= 0.3 is 0 Å². The zero-order valence-corrected chi connectivity index (χ0v) is 14.3. The fraction of sp³-hybridized carbons (Fsp3) is 0.150. The maximum atomic E-state index is 5.95. The highest BCUT2D eigenvalue weighted by atomic mass is 16.5. The Kier molecular flexibility index (Phi) is 4.47. The molecule has 0 fully saturated rings. The molecular formula is C20H18N4O2. The van der Waals surface area contributed by atoms with Crippen molar-refractivity contribution in [3.05, 3.63) is 66.6 Å². The number of hydrogen-bond donors (Lipinski definition) is 1. The Hall–Kier alpha value is -3.41. The number of rotatable bonds is 6. The lowest BCUT2D eigenvalue weighted by Crippen LogP contribution is -2.13. The van der Waals surface area contributed by atoms with E-state index in [-0.39, 0.29) is 0 Å². The summed E-state index contributed by atoms with van der Waals surface area (Å²) in [5.74, 6) is 2.61. The van der Waals surface area contributed by atoms with Gasteiger partial charge in [-0.05, 0) is 30.5 Å². The van der Waals surface area contributed by atoms with Gasteiger partial charge in [-0.25, -0.2) is 4.98 Å². The monoisotopic (exact) mass is 346 g/mol. The van der Waals surface area contributed by atoms with Crippen LogP contribution in [0.15, 0.2) is 65.3 Å². The van der Waals surface area contributed by atoms with Gasteiger partial charge in [-0.3, -0.25) is 0 Å². The van der Waals surface area contributed by atoms with Crippen molar-refractivity contribution in [1.82, 2.24) is 15.1 Å². The molecule has 6 heteroatoms. The van der Waals surface area contributed by atoms with Gasteiger partial charge in [0, 0.05) is 11.6 Å². The van der Waals surface area contributed by atoms with Crippen LogP contribution >= 0.6 is 0 Å². The van der Waals surface area contributed by atoms with Crippen molar-refractivity contribution in [1.29, 1.82) is 0 Å². The molecule has 0 unspecified atom stereocenters. The van der Waals surface area contributed by atoms with Crippen molar-refractivity contribution < 1.29 is 9.26 Å². The van der Waals surface area contributed by atoms with Crippen LogP contribution in [-0.2, 0) is 0 Å². The molecule has 2 heterocycles. The molecule has 26 heavy (non-hydrogen) atoms. The van der Waals surface area contributed by atoms with Crippen molar-refractivity contribution >= 4 is 16.6 Å². The third-order valence-corrected chi connectivity index (χ3v) is 3.97. The Morgan fingerprint density at radius 2 is 1.92 bits per heavy atom. The molecular weight excluding hydrogens is 328 g/mol. The maximum Gasteiger partial charge on any atom is 0.261 e. The van der Waals surface area contributed by atoms with Gasteiger partial charge in [0.05, 0.1) is 12.1 Å². The molecule has 4 rings (SSSR count). The number of fused-ring (bicyclic) bond motifs is 1. The van der Waals surface area contributed by atoms with Gasteiger partial charge in [-0.1, -0.05) is 41.6 Å². The molecule has 0 amide bonds. The van der Waals surface area contributed by atoms with Gasteiger partial charge < -0.3 is 14.6 Å². The first-order valence-electron chi connectivity index (χ1n) is 8.41. The minimum absolute atomic E-state index is 0.452. The van der Waals surface area contributed by atoms with E-state index in [0.29, 0.717) is 30.7 Å². The van der Waals surface area contributed by atoms with Crippen molar-refractivity contribution in [3.63, 3.8) is 0 Å². The van der Waals surface area contributed by atoms with E-state index in [2.05, 4.69) is 38.6 Å². The maximum absolute atomic E-state index is 5.95. The molecule has 6 nitrogen and oxygen atoms in total. The van der Waals surface area contributed by atoms with Crippen LogP contribution < -0.4 is 10.1 Å². The highest BCUT2D eigenvalue weighted by Crippen LogP contribution is 2.26. The summed E-state index contributed by atoms with van der Waals surface area (Å²) in [7, 11) is 0.